The maximum atomic E-state index is 12.2. The molecular formula is C13H16N4O. The molecule has 2 rings (SSSR count). The Morgan fingerprint density at radius 3 is 2.72 bits per heavy atom. The van der Waals surface area contributed by atoms with Crippen molar-refractivity contribution in [2.45, 2.75) is 6.92 Å². The number of piperazine rings is 1. The zero-order valence-corrected chi connectivity index (χ0v) is 10.5. The van der Waals surface area contributed by atoms with Crippen molar-refractivity contribution >= 4 is 5.91 Å². The Morgan fingerprint density at radius 1 is 1.39 bits per heavy atom. The first-order valence-electron chi connectivity index (χ1n) is 6.11. The lowest BCUT2D eigenvalue weighted by Crippen LogP contribution is -2.48. The molecule has 0 unspecified atom stereocenters. The Kier molecular flexibility index (Phi) is 3.90. The van der Waals surface area contributed by atoms with Crippen LogP contribution in [0.4, 0.5) is 0 Å². The highest BCUT2D eigenvalue weighted by atomic mass is 16.2. The molecule has 1 saturated heterocycles. The number of nitriles is 1. The third-order valence-electron chi connectivity index (χ3n) is 3.22. The molecule has 5 nitrogen and oxygen atoms in total. The third kappa shape index (κ3) is 2.66. The fourth-order valence-electron chi connectivity index (χ4n) is 2.07. The van der Waals surface area contributed by atoms with E-state index in [1.807, 2.05) is 11.0 Å². The predicted octanol–water partition coefficient (Wildman–Crippen LogP) is 0.731. The molecule has 0 aliphatic carbocycles. The Labute approximate surface area is 107 Å². The highest BCUT2D eigenvalue weighted by molar-refractivity contribution is 5.94. The van der Waals surface area contributed by atoms with Crippen LogP contribution in [0.1, 0.15) is 22.8 Å². The predicted molar refractivity (Wildman–Crippen MR) is 67.0 cm³/mol. The van der Waals surface area contributed by atoms with Crippen molar-refractivity contribution in [3.05, 3.63) is 29.6 Å². The van der Waals surface area contributed by atoms with Crippen LogP contribution >= 0.6 is 0 Å². The molecule has 0 saturated carbocycles. The summed E-state index contributed by atoms with van der Waals surface area (Å²) in [6.07, 6.45) is 2.99. The molecule has 0 atom stereocenters. The fraction of sp³-hybridized carbons (Fsp3) is 0.462. The topological polar surface area (TPSA) is 60.2 Å². The Hall–Kier alpha value is -1.93. The highest BCUT2D eigenvalue weighted by Crippen LogP contribution is 2.09. The van der Waals surface area contributed by atoms with Crippen LogP contribution in [0, 0.1) is 11.3 Å². The van der Waals surface area contributed by atoms with Crippen molar-refractivity contribution in [3.63, 3.8) is 0 Å². The normalized spacial score (nSPS) is 16.3. The number of aromatic nitrogens is 1. The van der Waals surface area contributed by atoms with Gasteiger partial charge in [-0.05, 0) is 12.6 Å². The Morgan fingerprint density at radius 2 is 2.11 bits per heavy atom. The van der Waals surface area contributed by atoms with Gasteiger partial charge in [0.25, 0.3) is 5.91 Å². The molecule has 0 N–H and O–H groups in total. The van der Waals surface area contributed by atoms with Crippen molar-refractivity contribution < 1.29 is 4.79 Å². The number of pyridine rings is 1. The summed E-state index contributed by atoms with van der Waals surface area (Å²) in [4.78, 5) is 20.3. The van der Waals surface area contributed by atoms with Gasteiger partial charge in [-0.25, -0.2) is 0 Å². The lowest BCUT2D eigenvalue weighted by molar-refractivity contribution is 0.0643. The third-order valence-corrected chi connectivity index (χ3v) is 3.22. The lowest BCUT2D eigenvalue weighted by Gasteiger charge is -2.34. The molecule has 0 radical (unpaired) electrons. The van der Waals surface area contributed by atoms with E-state index in [0.29, 0.717) is 11.1 Å². The maximum Gasteiger partial charge on any atom is 0.255 e. The molecule has 1 aromatic rings. The zero-order chi connectivity index (χ0) is 13.0. The van der Waals surface area contributed by atoms with Crippen molar-refractivity contribution in [2.24, 2.45) is 0 Å². The van der Waals surface area contributed by atoms with Crippen molar-refractivity contribution in [1.29, 1.82) is 5.26 Å². The first-order valence-corrected chi connectivity index (χ1v) is 6.11. The van der Waals surface area contributed by atoms with Gasteiger partial charge in [-0.2, -0.15) is 5.26 Å². The first kappa shape index (κ1) is 12.5. The fourth-order valence-corrected chi connectivity index (χ4v) is 2.07. The van der Waals surface area contributed by atoms with Crippen LogP contribution in [0.25, 0.3) is 0 Å². The van der Waals surface area contributed by atoms with E-state index in [1.165, 1.54) is 12.4 Å². The van der Waals surface area contributed by atoms with Crippen LogP contribution in [0.5, 0.6) is 0 Å². The van der Waals surface area contributed by atoms with Gasteiger partial charge in [0.15, 0.2) is 0 Å². The van der Waals surface area contributed by atoms with E-state index < -0.39 is 0 Å². The summed E-state index contributed by atoms with van der Waals surface area (Å²) in [5.41, 5.74) is 0.923. The van der Waals surface area contributed by atoms with E-state index in [-0.39, 0.29) is 5.91 Å². The minimum absolute atomic E-state index is 0.0321. The quantitative estimate of drug-likeness (QED) is 0.769. The molecule has 1 aliphatic heterocycles. The SMILES string of the molecule is CCN1CCN(C(=O)c2cncc(C#N)c2)CC1. The number of nitrogens with zero attached hydrogens (tertiary/aromatic N) is 4. The molecule has 1 aromatic heterocycles. The van der Waals surface area contributed by atoms with Crippen LogP contribution < -0.4 is 0 Å². The summed E-state index contributed by atoms with van der Waals surface area (Å²) >= 11 is 0. The number of carbonyl (C=O) groups excluding carboxylic acids is 1. The van der Waals surface area contributed by atoms with Gasteiger partial charge in [-0.15, -0.1) is 0 Å². The summed E-state index contributed by atoms with van der Waals surface area (Å²) in [5.74, 6) is -0.0321. The van der Waals surface area contributed by atoms with Crippen LogP contribution in [-0.2, 0) is 0 Å². The molecule has 1 aliphatic rings. The molecule has 0 aromatic carbocycles. The standard InChI is InChI=1S/C13H16N4O/c1-2-16-3-5-17(6-4-16)13(18)12-7-11(8-14)9-15-10-12/h7,9-10H,2-6H2,1H3. The maximum absolute atomic E-state index is 12.2. The van der Waals surface area contributed by atoms with Gasteiger partial charge in [-0.1, -0.05) is 6.92 Å². The molecule has 94 valence electrons. The van der Waals surface area contributed by atoms with Gasteiger partial charge < -0.3 is 9.80 Å². The van der Waals surface area contributed by atoms with Gasteiger partial charge in [0.05, 0.1) is 11.1 Å². The molecule has 2 heterocycles. The smallest absolute Gasteiger partial charge is 0.255 e. The van der Waals surface area contributed by atoms with E-state index >= 15 is 0 Å². The molecule has 0 bridgehead atoms. The van der Waals surface area contributed by atoms with Gasteiger partial charge in [-0.3, -0.25) is 9.78 Å². The first-order chi connectivity index (χ1) is 8.74. The number of hydrogen-bond donors (Lipinski definition) is 0. The molecule has 0 spiro atoms. The van der Waals surface area contributed by atoms with E-state index in [0.717, 1.165) is 32.7 Å². The van der Waals surface area contributed by atoms with Crippen LogP contribution in [0.3, 0.4) is 0 Å². The van der Waals surface area contributed by atoms with Crippen molar-refractivity contribution in [1.82, 2.24) is 14.8 Å². The van der Waals surface area contributed by atoms with Gasteiger partial charge in [0.2, 0.25) is 0 Å². The summed E-state index contributed by atoms with van der Waals surface area (Å²) < 4.78 is 0. The number of carbonyl (C=O) groups is 1. The summed E-state index contributed by atoms with van der Waals surface area (Å²) in [7, 11) is 0. The van der Waals surface area contributed by atoms with Gasteiger partial charge in [0, 0.05) is 38.6 Å². The van der Waals surface area contributed by atoms with E-state index in [4.69, 9.17) is 5.26 Å². The highest BCUT2D eigenvalue weighted by Gasteiger charge is 2.21. The Bertz CT molecular complexity index is 472. The van der Waals surface area contributed by atoms with Crippen LogP contribution in [-0.4, -0.2) is 53.4 Å². The molecule has 1 amide bonds. The number of rotatable bonds is 2. The van der Waals surface area contributed by atoms with E-state index in [2.05, 4.69) is 16.8 Å². The summed E-state index contributed by atoms with van der Waals surface area (Å²) in [6, 6.07) is 3.60. The average molecular weight is 244 g/mol. The monoisotopic (exact) mass is 244 g/mol. The van der Waals surface area contributed by atoms with Crippen molar-refractivity contribution in [2.75, 3.05) is 32.7 Å². The van der Waals surface area contributed by atoms with Gasteiger partial charge in [0.1, 0.15) is 6.07 Å². The van der Waals surface area contributed by atoms with Crippen LogP contribution in [0.2, 0.25) is 0 Å². The van der Waals surface area contributed by atoms with Gasteiger partial charge >= 0.3 is 0 Å². The summed E-state index contributed by atoms with van der Waals surface area (Å²) in [6.45, 7) is 6.44. The minimum atomic E-state index is -0.0321. The van der Waals surface area contributed by atoms with E-state index in [9.17, 15) is 4.79 Å². The minimum Gasteiger partial charge on any atom is -0.336 e. The number of likely N-dealkylation sites (N-methyl/N-ethyl adjacent to an activating group) is 1. The average Bonchev–Trinajstić information content (AvgIpc) is 2.46. The lowest BCUT2D eigenvalue weighted by atomic mass is 10.2. The second kappa shape index (κ2) is 5.61. The number of hydrogen-bond acceptors (Lipinski definition) is 4. The second-order valence-corrected chi connectivity index (χ2v) is 4.30. The summed E-state index contributed by atoms with van der Waals surface area (Å²) in [5, 5.41) is 8.80. The Balaban J connectivity index is 2.06. The molecule has 1 fully saturated rings. The largest absolute Gasteiger partial charge is 0.336 e. The number of amides is 1. The zero-order valence-electron chi connectivity index (χ0n) is 10.5. The molecule has 5 heteroatoms. The molecule has 18 heavy (non-hydrogen) atoms. The molecular weight excluding hydrogens is 228 g/mol. The van der Waals surface area contributed by atoms with Crippen molar-refractivity contribution in [3.8, 4) is 6.07 Å². The second-order valence-electron chi connectivity index (χ2n) is 4.30. The van der Waals surface area contributed by atoms with Crippen LogP contribution in [0.15, 0.2) is 18.5 Å². The van der Waals surface area contributed by atoms with E-state index in [1.54, 1.807) is 6.07 Å².